The van der Waals surface area contributed by atoms with Crippen LogP contribution in [0.3, 0.4) is 0 Å². The molecule has 0 aliphatic carbocycles. The monoisotopic (exact) mass is 411 g/mol. The Balaban J connectivity index is 1.43. The lowest BCUT2D eigenvalue weighted by Crippen LogP contribution is -2.36. The number of anilines is 2. The van der Waals surface area contributed by atoms with Crippen LogP contribution in [0.4, 0.5) is 15.9 Å². The number of pyridine rings is 2. The van der Waals surface area contributed by atoms with E-state index in [1.165, 1.54) is 11.3 Å². The van der Waals surface area contributed by atoms with E-state index in [0.717, 1.165) is 5.69 Å². The third-order valence-corrected chi connectivity index (χ3v) is 6.34. The number of halogens is 1. The molecule has 1 N–H and O–H groups in total. The number of aliphatic hydroxyl groups excluding tert-OH is 1. The molecule has 9 heteroatoms. The second-order valence-corrected chi connectivity index (χ2v) is 8.11. The summed E-state index contributed by atoms with van der Waals surface area (Å²) in [5.74, 6) is -0.256. The van der Waals surface area contributed by atoms with Crippen LogP contribution < -0.4 is 9.80 Å². The maximum atomic E-state index is 14.8. The standard InChI is InChI=1S/C20H18FN5O2S/c21-18-14(3-4-16(24-18)25-8-5-13(27)11-25)19-23-15-6-9-26(20(28)17(15)29-19)12-2-1-7-22-10-12/h1-4,7,10,13,27H,5-6,8-9,11H2/t13-/m1/s1. The van der Waals surface area contributed by atoms with Crippen LogP contribution in [0.25, 0.3) is 10.6 Å². The Morgan fingerprint density at radius 2 is 2.10 bits per heavy atom. The summed E-state index contributed by atoms with van der Waals surface area (Å²) < 4.78 is 14.8. The average molecular weight is 411 g/mol. The van der Waals surface area contributed by atoms with Crippen molar-refractivity contribution in [1.29, 1.82) is 0 Å². The predicted octanol–water partition coefficient (Wildman–Crippen LogP) is 2.51. The van der Waals surface area contributed by atoms with Gasteiger partial charge in [-0.1, -0.05) is 0 Å². The van der Waals surface area contributed by atoms with Gasteiger partial charge in [-0.3, -0.25) is 9.78 Å². The lowest BCUT2D eigenvalue weighted by Gasteiger charge is -2.25. The summed E-state index contributed by atoms with van der Waals surface area (Å²) in [6, 6.07) is 7.02. The molecule has 5 rings (SSSR count). The first-order valence-corrected chi connectivity index (χ1v) is 10.2. The number of rotatable bonds is 3. The highest BCUT2D eigenvalue weighted by Crippen LogP contribution is 2.34. The van der Waals surface area contributed by atoms with E-state index in [2.05, 4.69) is 15.0 Å². The fourth-order valence-corrected chi connectivity index (χ4v) is 4.79. The fraction of sp³-hybridized carbons (Fsp3) is 0.300. The maximum Gasteiger partial charge on any atom is 0.270 e. The first kappa shape index (κ1) is 18.1. The van der Waals surface area contributed by atoms with Crippen molar-refractivity contribution in [3.05, 3.63) is 53.2 Å². The van der Waals surface area contributed by atoms with E-state index >= 15 is 0 Å². The molecule has 5 heterocycles. The zero-order chi connectivity index (χ0) is 20.0. The van der Waals surface area contributed by atoms with Crippen LogP contribution in [0.5, 0.6) is 0 Å². The Labute approximate surface area is 170 Å². The van der Waals surface area contributed by atoms with Gasteiger partial charge < -0.3 is 14.9 Å². The summed E-state index contributed by atoms with van der Waals surface area (Å²) in [6.45, 7) is 1.62. The van der Waals surface area contributed by atoms with Gasteiger partial charge in [0.05, 0.1) is 29.2 Å². The largest absolute Gasteiger partial charge is 0.391 e. The van der Waals surface area contributed by atoms with E-state index in [9.17, 15) is 14.3 Å². The van der Waals surface area contributed by atoms with Gasteiger partial charge in [0.2, 0.25) is 5.95 Å². The molecule has 0 aromatic carbocycles. The van der Waals surface area contributed by atoms with Gasteiger partial charge in [0.1, 0.15) is 15.7 Å². The number of hydrogen-bond donors (Lipinski definition) is 1. The molecular weight excluding hydrogens is 393 g/mol. The van der Waals surface area contributed by atoms with Crippen LogP contribution in [0, 0.1) is 5.95 Å². The number of thiazole rings is 1. The molecule has 0 saturated carbocycles. The second-order valence-electron chi connectivity index (χ2n) is 7.11. The second kappa shape index (κ2) is 7.16. The van der Waals surface area contributed by atoms with Crippen LogP contribution in [0.1, 0.15) is 21.8 Å². The van der Waals surface area contributed by atoms with E-state index in [-0.39, 0.29) is 11.5 Å². The normalized spacial score (nSPS) is 19.0. The van der Waals surface area contributed by atoms with Crippen molar-refractivity contribution in [3.8, 4) is 10.6 Å². The molecular formula is C20H18FN5O2S. The van der Waals surface area contributed by atoms with Gasteiger partial charge in [0.25, 0.3) is 5.91 Å². The third kappa shape index (κ3) is 3.26. The zero-order valence-corrected chi connectivity index (χ0v) is 16.3. The Morgan fingerprint density at radius 1 is 1.21 bits per heavy atom. The first-order valence-electron chi connectivity index (χ1n) is 9.41. The Bertz CT molecular complexity index is 1070. The van der Waals surface area contributed by atoms with E-state index in [1.54, 1.807) is 35.5 Å². The van der Waals surface area contributed by atoms with Crippen molar-refractivity contribution in [1.82, 2.24) is 15.0 Å². The number of β-amino-alcohol motifs (C(OH)–C–C–N with tert-alkyl or cyclic N) is 1. The molecule has 0 radical (unpaired) electrons. The van der Waals surface area contributed by atoms with Crippen molar-refractivity contribution in [3.63, 3.8) is 0 Å². The molecule has 0 bridgehead atoms. The van der Waals surface area contributed by atoms with Gasteiger partial charge in [-0.25, -0.2) is 9.97 Å². The van der Waals surface area contributed by atoms with Crippen molar-refractivity contribution in [2.75, 3.05) is 29.4 Å². The van der Waals surface area contributed by atoms with E-state index in [4.69, 9.17) is 0 Å². The topological polar surface area (TPSA) is 82.5 Å². The number of amides is 1. The van der Waals surface area contributed by atoms with Crippen LogP contribution in [-0.2, 0) is 6.42 Å². The quantitative estimate of drug-likeness (QED) is 0.667. The minimum absolute atomic E-state index is 0.140. The van der Waals surface area contributed by atoms with Crippen molar-refractivity contribution < 1.29 is 14.3 Å². The fourth-order valence-electron chi connectivity index (χ4n) is 3.72. The molecule has 148 valence electrons. The van der Waals surface area contributed by atoms with Gasteiger partial charge in [0, 0.05) is 32.3 Å². The molecule has 1 amide bonds. The van der Waals surface area contributed by atoms with Crippen LogP contribution in [0.15, 0.2) is 36.7 Å². The molecule has 1 saturated heterocycles. The van der Waals surface area contributed by atoms with Crippen LogP contribution in [-0.4, -0.2) is 51.7 Å². The molecule has 7 nitrogen and oxygen atoms in total. The third-order valence-electron chi connectivity index (χ3n) is 5.22. The summed E-state index contributed by atoms with van der Waals surface area (Å²) in [5, 5.41) is 10.1. The predicted molar refractivity (Wildman–Crippen MR) is 108 cm³/mol. The number of aromatic nitrogens is 3. The Hall–Kier alpha value is -2.91. The summed E-state index contributed by atoms with van der Waals surface area (Å²) in [6.07, 6.45) is 4.17. The number of fused-ring (bicyclic) bond motifs is 1. The summed E-state index contributed by atoms with van der Waals surface area (Å²) in [7, 11) is 0. The molecule has 2 aliphatic heterocycles. The van der Waals surface area contributed by atoms with Gasteiger partial charge in [-0.15, -0.1) is 11.3 Å². The molecule has 3 aromatic rings. The number of aliphatic hydroxyl groups is 1. The molecule has 0 unspecified atom stereocenters. The van der Waals surface area contributed by atoms with Crippen LogP contribution >= 0.6 is 11.3 Å². The number of nitrogens with zero attached hydrogens (tertiary/aromatic N) is 5. The molecule has 1 atom stereocenters. The SMILES string of the molecule is O=C1c2sc(-c3ccc(N4CC[C@@H](O)C4)nc3F)nc2CCN1c1cccnc1. The lowest BCUT2D eigenvalue weighted by molar-refractivity contribution is 0.0984. The van der Waals surface area contributed by atoms with Gasteiger partial charge in [-0.2, -0.15) is 4.39 Å². The highest BCUT2D eigenvalue weighted by molar-refractivity contribution is 7.17. The molecule has 1 fully saturated rings. The van der Waals surface area contributed by atoms with Crippen molar-refractivity contribution in [2.45, 2.75) is 18.9 Å². The molecule has 29 heavy (non-hydrogen) atoms. The number of carbonyl (C=O) groups is 1. The van der Waals surface area contributed by atoms with Gasteiger partial charge >= 0.3 is 0 Å². The smallest absolute Gasteiger partial charge is 0.270 e. The number of hydrogen-bond acceptors (Lipinski definition) is 7. The maximum absolute atomic E-state index is 14.8. The van der Waals surface area contributed by atoms with E-state index in [1.807, 2.05) is 11.0 Å². The Morgan fingerprint density at radius 3 is 2.83 bits per heavy atom. The van der Waals surface area contributed by atoms with Crippen molar-refractivity contribution >= 4 is 28.7 Å². The first-order chi connectivity index (χ1) is 14.1. The number of carbonyl (C=O) groups excluding carboxylic acids is 1. The summed E-state index contributed by atoms with van der Waals surface area (Å²) in [5.41, 5.74) is 1.72. The zero-order valence-electron chi connectivity index (χ0n) is 15.5. The summed E-state index contributed by atoms with van der Waals surface area (Å²) >= 11 is 1.19. The van der Waals surface area contributed by atoms with Gasteiger partial charge in [0.15, 0.2) is 0 Å². The highest BCUT2D eigenvalue weighted by atomic mass is 32.1. The average Bonchev–Trinajstić information content (AvgIpc) is 3.36. The molecule has 3 aromatic heterocycles. The molecule has 2 aliphatic rings. The van der Waals surface area contributed by atoms with Crippen LogP contribution in [0.2, 0.25) is 0 Å². The minimum atomic E-state index is -0.619. The van der Waals surface area contributed by atoms with E-state index < -0.39 is 12.1 Å². The highest BCUT2D eigenvalue weighted by Gasteiger charge is 2.30. The summed E-state index contributed by atoms with van der Waals surface area (Å²) in [4.78, 5) is 29.7. The lowest BCUT2D eigenvalue weighted by atomic mass is 10.1. The molecule has 0 spiro atoms. The minimum Gasteiger partial charge on any atom is -0.391 e. The Kier molecular flexibility index (Phi) is 4.48. The van der Waals surface area contributed by atoms with Gasteiger partial charge in [-0.05, 0) is 30.7 Å². The van der Waals surface area contributed by atoms with Crippen molar-refractivity contribution in [2.24, 2.45) is 0 Å². The van der Waals surface area contributed by atoms with E-state index in [0.29, 0.717) is 53.9 Å².